The number of nitrogens with two attached hydrogens (primary N) is 1. The highest BCUT2D eigenvalue weighted by Crippen LogP contribution is 2.26. The monoisotopic (exact) mass is 220 g/mol. The van der Waals surface area contributed by atoms with Gasteiger partial charge in [-0.2, -0.15) is 0 Å². The normalized spacial score (nSPS) is 25.6. The minimum atomic E-state index is 0.432. The molecule has 2 unspecified atom stereocenters. The number of ether oxygens (including phenoxy) is 1. The van der Waals surface area contributed by atoms with Gasteiger partial charge in [-0.1, -0.05) is 25.8 Å². The van der Waals surface area contributed by atoms with Gasteiger partial charge in [-0.15, -0.1) is 0 Å². The van der Waals surface area contributed by atoms with E-state index in [2.05, 4.69) is 11.9 Å². The van der Waals surface area contributed by atoms with Crippen LogP contribution in [0.2, 0.25) is 0 Å². The van der Waals surface area contributed by atoms with E-state index in [0.29, 0.717) is 18.5 Å². The second-order valence-corrected chi connectivity index (χ2v) is 4.80. The number of rotatable bonds is 3. The number of hydrogen-bond acceptors (Lipinski definition) is 3. The zero-order valence-electron chi connectivity index (χ0n) is 9.86. The van der Waals surface area contributed by atoms with Crippen LogP contribution in [0.5, 0.6) is 0 Å². The molecule has 0 saturated heterocycles. The molecule has 0 amide bonds. The molecule has 1 aliphatic carbocycles. The molecule has 16 heavy (non-hydrogen) atoms. The third-order valence-electron chi connectivity index (χ3n) is 3.22. The Morgan fingerprint density at radius 2 is 2.31 bits per heavy atom. The zero-order chi connectivity index (χ0) is 11.4. The number of aromatic nitrogens is 1. The lowest BCUT2D eigenvalue weighted by molar-refractivity contribution is 0.00457. The Labute approximate surface area is 97.0 Å². The number of hydrogen-bond donors (Lipinski definition) is 1. The first kappa shape index (κ1) is 11.4. The summed E-state index contributed by atoms with van der Waals surface area (Å²) in [6, 6.07) is 3.80. The van der Waals surface area contributed by atoms with Gasteiger partial charge in [0.15, 0.2) is 0 Å². The highest BCUT2D eigenvalue weighted by molar-refractivity contribution is 5.28. The fraction of sp³-hybridized carbons (Fsp3) is 0.615. The van der Waals surface area contributed by atoms with Crippen molar-refractivity contribution >= 4 is 5.82 Å². The van der Waals surface area contributed by atoms with Gasteiger partial charge in [0.25, 0.3) is 0 Å². The molecule has 1 saturated carbocycles. The van der Waals surface area contributed by atoms with Gasteiger partial charge in [-0.3, -0.25) is 0 Å². The predicted molar refractivity (Wildman–Crippen MR) is 64.9 cm³/mol. The molecule has 2 rings (SSSR count). The lowest BCUT2D eigenvalue weighted by Gasteiger charge is -2.26. The molecule has 2 atom stereocenters. The van der Waals surface area contributed by atoms with E-state index >= 15 is 0 Å². The van der Waals surface area contributed by atoms with Gasteiger partial charge in [0.2, 0.25) is 0 Å². The van der Waals surface area contributed by atoms with E-state index in [9.17, 15) is 0 Å². The summed E-state index contributed by atoms with van der Waals surface area (Å²) in [6.07, 6.45) is 7.27. The predicted octanol–water partition coefficient (Wildman–Crippen LogP) is 2.76. The molecule has 2 N–H and O–H groups in total. The van der Waals surface area contributed by atoms with Crippen molar-refractivity contribution in [1.29, 1.82) is 0 Å². The van der Waals surface area contributed by atoms with Crippen molar-refractivity contribution in [2.45, 2.75) is 45.3 Å². The van der Waals surface area contributed by atoms with Crippen molar-refractivity contribution in [1.82, 2.24) is 4.98 Å². The number of pyridine rings is 1. The van der Waals surface area contributed by atoms with Gasteiger partial charge in [0.1, 0.15) is 5.82 Å². The van der Waals surface area contributed by atoms with Crippen LogP contribution in [0.25, 0.3) is 0 Å². The molecular formula is C13H20N2O. The number of anilines is 1. The van der Waals surface area contributed by atoms with Gasteiger partial charge in [-0.05, 0) is 30.4 Å². The quantitative estimate of drug-likeness (QED) is 0.852. The van der Waals surface area contributed by atoms with E-state index in [1.807, 2.05) is 12.1 Å². The second-order valence-electron chi connectivity index (χ2n) is 4.80. The average molecular weight is 220 g/mol. The average Bonchev–Trinajstić information content (AvgIpc) is 2.28. The molecule has 1 aromatic heterocycles. The zero-order valence-corrected chi connectivity index (χ0v) is 9.86. The summed E-state index contributed by atoms with van der Waals surface area (Å²) in [5, 5.41) is 0. The maximum absolute atomic E-state index is 5.90. The van der Waals surface area contributed by atoms with Gasteiger partial charge in [0.05, 0.1) is 12.7 Å². The van der Waals surface area contributed by atoms with E-state index < -0.39 is 0 Å². The van der Waals surface area contributed by atoms with Crippen LogP contribution < -0.4 is 5.73 Å². The summed E-state index contributed by atoms with van der Waals surface area (Å²) in [6.45, 7) is 2.96. The Morgan fingerprint density at radius 3 is 3.00 bits per heavy atom. The molecule has 3 heteroatoms. The first-order chi connectivity index (χ1) is 7.74. The lowest BCUT2D eigenvalue weighted by Crippen LogP contribution is -2.21. The lowest BCUT2D eigenvalue weighted by atomic mass is 9.89. The summed E-state index contributed by atoms with van der Waals surface area (Å²) in [5.41, 5.74) is 6.64. The standard InChI is InChI=1S/C13H20N2O/c1-10-3-2-4-12(7-10)16-9-11-5-6-13(14)15-8-11/h5-6,8,10,12H,2-4,7,9H2,1H3,(H2,14,15). The summed E-state index contributed by atoms with van der Waals surface area (Å²) < 4.78 is 5.90. The molecular weight excluding hydrogens is 200 g/mol. The Balaban J connectivity index is 1.80. The van der Waals surface area contributed by atoms with Gasteiger partial charge < -0.3 is 10.5 Å². The fourth-order valence-corrected chi connectivity index (χ4v) is 2.27. The number of nitrogen functional groups attached to an aromatic ring is 1. The van der Waals surface area contributed by atoms with E-state index in [-0.39, 0.29) is 0 Å². The van der Waals surface area contributed by atoms with Crippen LogP contribution in [0.3, 0.4) is 0 Å². The topological polar surface area (TPSA) is 48.1 Å². The summed E-state index contributed by atoms with van der Waals surface area (Å²) in [4.78, 5) is 4.06. The fourth-order valence-electron chi connectivity index (χ4n) is 2.27. The minimum Gasteiger partial charge on any atom is -0.384 e. The van der Waals surface area contributed by atoms with Crippen LogP contribution in [0, 0.1) is 5.92 Å². The molecule has 0 bridgehead atoms. The summed E-state index contributed by atoms with van der Waals surface area (Å²) in [5.74, 6) is 1.37. The molecule has 1 aromatic rings. The largest absolute Gasteiger partial charge is 0.384 e. The van der Waals surface area contributed by atoms with E-state index in [4.69, 9.17) is 10.5 Å². The van der Waals surface area contributed by atoms with Crippen LogP contribution in [0.1, 0.15) is 38.2 Å². The van der Waals surface area contributed by atoms with Crippen molar-refractivity contribution < 1.29 is 4.74 Å². The SMILES string of the molecule is CC1CCCC(OCc2ccc(N)nc2)C1. The van der Waals surface area contributed by atoms with E-state index in [0.717, 1.165) is 11.5 Å². The number of nitrogens with zero attached hydrogens (tertiary/aromatic N) is 1. The summed E-state index contributed by atoms with van der Waals surface area (Å²) >= 11 is 0. The van der Waals surface area contributed by atoms with Gasteiger partial charge in [-0.25, -0.2) is 4.98 Å². The maximum atomic E-state index is 5.90. The first-order valence-electron chi connectivity index (χ1n) is 6.06. The molecule has 0 aromatic carbocycles. The summed E-state index contributed by atoms with van der Waals surface area (Å²) in [7, 11) is 0. The molecule has 1 aliphatic rings. The molecule has 0 spiro atoms. The second kappa shape index (κ2) is 5.30. The maximum Gasteiger partial charge on any atom is 0.123 e. The molecule has 1 heterocycles. The Hall–Kier alpha value is -1.09. The third kappa shape index (κ3) is 3.20. The van der Waals surface area contributed by atoms with Crippen LogP contribution in [0.15, 0.2) is 18.3 Å². The molecule has 0 aliphatic heterocycles. The van der Waals surface area contributed by atoms with E-state index in [1.165, 1.54) is 25.7 Å². The molecule has 0 radical (unpaired) electrons. The van der Waals surface area contributed by atoms with Crippen LogP contribution in [-0.2, 0) is 11.3 Å². The van der Waals surface area contributed by atoms with Crippen LogP contribution in [-0.4, -0.2) is 11.1 Å². The first-order valence-corrected chi connectivity index (χ1v) is 6.06. The third-order valence-corrected chi connectivity index (χ3v) is 3.22. The van der Waals surface area contributed by atoms with Crippen molar-refractivity contribution in [2.75, 3.05) is 5.73 Å². The van der Waals surface area contributed by atoms with Crippen molar-refractivity contribution in [3.63, 3.8) is 0 Å². The van der Waals surface area contributed by atoms with Crippen molar-refractivity contribution in [3.05, 3.63) is 23.9 Å². The van der Waals surface area contributed by atoms with Gasteiger partial charge >= 0.3 is 0 Å². The van der Waals surface area contributed by atoms with Crippen molar-refractivity contribution in [2.24, 2.45) is 5.92 Å². The van der Waals surface area contributed by atoms with Gasteiger partial charge in [0, 0.05) is 6.20 Å². The van der Waals surface area contributed by atoms with E-state index in [1.54, 1.807) is 6.20 Å². The Kier molecular flexibility index (Phi) is 3.78. The minimum absolute atomic E-state index is 0.432. The van der Waals surface area contributed by atoms with Crippen LogP contribution >= 0.6 is 0 Å². The molecule has 1 fully saturated rings. The highest BCUT2D eigenvalue weighted by Gasteiger charge is 2.19. The molecule has 88 valence electrons. The Bertz CT molecular complexity index is 323. The molecule has 3 nitrogen and oxygen atoms in total. The van der Waals surface area contributed by atoms with Crippen molar-refractivity contribution in [3.8, 4) is 0 Å². The smallest absolute Gasteiger partial charge is 0.123 e. The highest BCUT2D eigenvalue weighted by atomic mass is 16.5. The Morgan fingerprint density at radius 1 is 1.44 bits per heavy atom. The van der Waals surface area contributed by atoms with Crippen LogP contribution in [0.4, 0.5) is 5.82 Å².